The van der Waals surface area contributed by atoms with Crippen LogP contribution in [0.15, 0.2) is 41.9 Å². The van der Waals surface area contributed by atoms with Crippen molar-refractivity contribution in [3.63, 3.8) is 0 Å². The maximum atomic E-state index is 13.7. The van der Waals surface area contributed by atoms with Gasteiger partial charge in [0.15, 0.2) is 0 Å². The average Bonchev–Trinajstić information content (AvgIpc) is 3.16. The predicted octanol–water partition coefficient (Wildman–Crippen LogP) is 6.35. The van der Waals surface area contributed by atoms with Crippen molar-refractivity contribution in [2.75, 3.05) is 4.72 Å². The summed E-state index contributed by atoms with van der Waals surface area (Å²) < 4.78 is 102. The molecular weight excluding hydrogens is 492 g/mol. The summed E-state index contributed by atoms with van der Waals surface area (Å²) in [6, 6.07) is 5.48. The Hall–Kier alpha value is -2.67. The Bertz CT molecular complexity index is 1250. The van der Waals surface area contributed by atoms with Crippen LogP contribution in [0.25, 0.3) is 21.8 Å². The molecule has 0 amide bonds. The van der Waals surface area contributed by atoms with Gasteiger partial charge in [0.2, 0.25) is 0 Å². The molecule has 33 heavy (non-hydrogen) atoms. The van der Waals surface area contributed by atoms with Crippen LogP contribution in [-0.2, 0) is 22.6 Å². The number of nitrogens with one attached hydrogen (secondary N) is 1. The molecule has 0 spiro atoms. The summed E-state index contributed by atoms with van der Waals surface area (Å²) in [5, 5.41) is 1.83. The average molecular weight is 509 g/mol. The molecule has 1 aromatic carbocycles. The van der Waals surface area contributed by atoms with Gasteiger partial charge >= 0.3 is 21.7 Å². The third kappa shape index (κ3) is 5.82. The van der Waals surface area contributed by atoms with Gasteiger partial charge in [0.1, 0.15) is 5.01 Å². The third-order valence-corrected chi connectivity index (χ3v) is 6.35. The summed E-state index contributed by atoms with van der Waals surface area (Å²) >= 11 is 1.10. The van der Waals surface area contributed by atoms with Gasteiger partial charge in [0.05, 0.1) is 11.3 Å². The number of hydrogen-bond acceptors (Lipinski definition) is 5. The smallest absolute Gasteiger partial charge is 0.276 e. The number of benzene rings is 1. The molecular formula is C20H17F6N3O2S2. The summed E-state index contributed by atoms with van der Waals surface area (Å²) in [5.74, 6) is 0.349. The van der Waals surface area contributed by atoms with Crippen LogP contribution in [0.5, 0.6) is 0 Å². The molecule has 0 radical (unpaired) electrons. The fourth-order valence-corrected chi connectivity index (χ4v) is 4.32. The number of pyridine rings is 1. The van der Waals surface area contributed by atoms with E-state index in [2.05, 4.69) is 9.97 Å². The highest BCUT2D eigenvalue weighted by molar-refractivity contribution is 7.93. The van der Waals surface area contributed by atoms with Gasteiger partial charge in [-0.25, -0.2) is 4.98 Å². The summed E-state index contributed by atoms with van der Waals surface area (Å²) in [5.41, 5.74) is -6.83. The number of aromatic nitrogens is 2. The van der Waals surface area contributed by atoms with Crippen molar-refractivity contribution in [2.45, 2.75) is 32.0 Å². The molecule has 0 saturated heterocycles. The van der Waals surface area contributed by atoms with Crippen LogP contribution in [-0.4, -0.2) is 23.9 Å². The van der Waals surface area contributed by atoms with Crippen molar-refractivity contribution in [1.82, 2.24) is 9.97 Å². The Labute approximate surface area is 189 Å². The molecule has 2 aromatic heterocycles. The molecule has 2 heterocycles. The second-order valence-electron chi connectivity index (χ2n) is 7.48. The van der Waals surface area contributed by atoms with E-state index in [9.17, 15) is 34.8 Å². The van der Waals surface area contributed by atoms with Crippen molar-refractivity contribution in [3.8, 4) is 21.8 Å². The number of hydrogen-bond donors (Lipinski definition) is 1. The van der Waals surface area contributed by atoms with Crippen molar-refractivity contribution < 1.29 is 34.8 Å². The van der Waals surface area contributed by atoms with Crippen LogP contribution in [0.4, 0.5) is 32.0 Å². The first-order valence-electron chi connectivity index (χ1n) is 9.39. The molecule has 0 fully saturated rings. The van der Waals surface area contributed by atoms with Crippen LogP contribution in [0, 0.1) is 5.92 Å². The molecule has 3 rings (SSSR count). The van der Waals surface area contributed by atoms with Gasteiger partial charge in [-0.2, -0.15) is 34.8 Å². The highest BCUT2D eigenvalue weighted by Crippen LogP contribution is 2.40. The number of anilines is 1. The minimum absolute atomic E-state index is 0.0465. The molecule has 0 atom stereocenters. The fraction of sp³-hybridized carbons (Fsp3) is 0.300. The lowest BCUT2D eigenvalue weighted by atomic mass is 10.0. The zero-order chi connectivity index (χ0) is 24.6. The molecule has 0 saturated carbocycles. The lowest BCUT2D eigenvalue weighted by Gasteiger charge is -2.15. The fourth-order valence-electron chi connectivity index (χ4n) is 2.95. The number of rotatable bonds is 6. The largest absolute Gasteiger partial charge is 0.516 e. The second-order valence-corrected chi connectivity index (χ2v) is 10.0. The van der Waals surface area contributed by atoms with Gasteiger partial charge in [0, 0.05) is 34.1 Å². The normalized spacial score (nSPS) is 12.9. The van der Waals surface area contributed by atoms with Crippen molar-refractivity contribution >= 4 is 27.0 Å². The van der Waals surface area contributed by atoms with Crippen molar-refractivity contribution in [1.29, 1.82) is 0 Å². The van der Waals surface area contributed by atoms with E-state index in [4.69, 9.17) is 0 Å². The highest BCUT2D eigenvalue weighted by atomic mass is 32.2. The zero-order valence-electron chi connectivity index (χ0n) is 17.1. The van der Waals surface area contributed by atoms with Crippen LogP contribution >= 0.6 is 11.3 Å². The van der Waals surface area contributed by atoms with Gasteiger partial charge < -0.3 is 0 Å². The SMILES string of the molecule is CC(C)Cc1cc(-c2nc(-c3ccc(NS(=O)(=O)C(F)(F)F)cc3C(F)(F)F)cs2)ccn1. The molecule has 178 valence electrons. The summed E-state index contributed by atoms with van der Waals surface area (Å²) in [4.78, 5) is 8.53. The Morgan fingerprint density at radius 1 is 1.06 bits per heavy atom. The number of thiazole rings is 1. The van der Waals surface area contributed by atoms with E-state index in [1.807, 2.05) is 13.8 Å². The van der Waals surface area contributed by atoms with Crippen molar-refractivity contribution in [2.24, 2.45) is 5.92 Å². The first-order valence-corrected chi connectivity index (χ1v) is 11.7. The van der Waals surface area contributed by atoms with Gasteiger partial charge in [-0.1, -0.05) is 19.9 Å². The van der Waals surface area contributed by atoms with E-state index < -0.39 is 38.5 Å². The lowest BCUT2D eigenvalue weighted by Crippen LogP contribution is -2.30. The Morgan fingerprint density at radius 2 is 1.76 bits per heavy atom. The van der Waals surface area contributed by atoms with E-state index >= 15 is 0 Å². The molecule has 5 nitrogen and oxygen atoms in total. The van der Waals surface area contributed by atoms with Crippen molar-refractivity contribution in [3.05, 3.63) is 53.2 Å². The lowest BCUT2D eigenvalue weighted by molar-refractivity contribution is -0.137. The van der Waals surface area contributed by atoms with E-state index in [0.717, 1.165) is 33.9 Å². The number of nitrogens with zero attached hydrogens (tertiary/aromatic N) is 2. The predicted molar refractivity (Wildman–Crippen MR) is 113 cm³/mol. The highest BCUT2D eigenvalue weighted by Gasteiger charge is 2.46. The monoisotopic (exact) mass is 509 g/mol. The molecule has 1 N–H and O–H groups in total. The van der Waals surface area contributed by atoms with E-state index in [1.165, 1.54) is 5.38 Å². The third-order valence-electron chi connectivity index (χ3n) is 4.34. The molecule has 0 bridgehead atoms. The maximum Gasteiger partial charge on any atom is 0.516 e. The molecule has 0 aliphatic rings. The topological polar surface area (TPSA) is 72.0 Å². The minimum Gasteiger partial charge on any atom is -0.276 e. The number of halogens is 6. The Balaban J connectivity index is 2.00. The summed E-state index contributed by atoms with van der Waals surface area (Å²) in [7, 11) is -5.87. The minimum atomic E-state index is -5.87. The first-order chi connectivity index (χ1) is 15.2. The summed E-state index contributed by atoms with van der Waals surface area (Å²) in [6.45, 7) is 4.04. The molecule has 0 aliphatic heterocycles. The van der Waals surface area contributed by atoms with E-state index in [-0.39, 0.29) is 5.69 Å². The standard InChI is InChI=1S/C20H17F6N3O2S2/c1-11(2)7-14-8-12(5-6-27-14)18-28-17(10-32-18)15-4-3-13(9-16(15)19(21,22)23)29-33(30,31)20(24,25)26/h3-6,8-11,29H,7H2,1-2H3. The second kappa shape index (κ2) is 8.93. The quantitative estimate of drug-likeness (QED) is 0.393. The van der Waals surface area contributed by atoms with Gasteiger partial charge in [-0.05, 0) is 36.6 Å². The molecule has 0 aliphatic carbocycles. The first kappa shape index (κ1) is 25.0. The maximum absolute atomic E-state index is 13.7. The van der Waals surface area contributed by atoms with Gasteiger partial charge in [0.25, 0.3) is 0 Å². The van der Waals surface area contributed by atoms with Crippen LogP contribution in [0.1, 0.15) is 25.1 Å². The van der Waals surface area contributed by atoms with Gasteiger partial charge in [-0.3, -0.25) is 9.71 Å². The van der Waals surface area contributed by atoms with Crippen LogP contribution in [0.2, 0.25) is 0 Å². The van der Waals surface area contributed by atoms with Crippen LogP contribution < -0.4 is 4.72 Å². The number of alkyl halides is 6. The zero-order valence-corrected chi connectivity index (χ0v) is 18.8. The molecule has 0 unspecified atom stereocenters. The van der Waals surface area contributed by atoms with E-state index in [0.29, 0.717) is 29.0 Å². The Morgan fingerprint density at radius 3 is 2.36 bits per heavy atom. The molecule has 3 aromatic rings. The Kier molecular flexibility index (Phi) is 6.76. The van der Waals surface area contributed by atoms with E-state index in [1.54, 1.807) is 18.3 Å². The number of sulfonamides is 1. The van der Waals surface area contributed by atoms with Gasteiger partial charge in [-0.15, -0.1) is 11.3 Å². The molecule has 13 heteroatoms. The summed E-state index contributed by atoms with van der Waals surface area (Å²) in [6.07, 6.45) is -2.68. The van der Waals surface area contributed by atoms with Crippen LogP contribution in [0.3, 0.4) is 0 Å².